The largest absolute Gasteiger partial charge is 0.491 e. The summed E-state index contributed by atoms with van der Waals surface area (Å²) in [6.07, 6.45) is -0.666. The van der Waals surface area contributed by atoms with Gasteiger partial charge in [0.2, 0.25) is 5.91 Å². The van der Waals surface area contributed by atoms with Gasteiger partial charge in [0, 0.05) is 12.6 Å². The van der Waals surface area contributed by atoms with E-state index in [-0.39, 0.29) is 24.6 Å². The van der Waals surface area contributed by atoms with Crippen LogP contribution in [0, 0.1) is 6.92 Å². The second kappa shape index (κ2) is 8.64. The molecule has 1 aromatic carbocycles. The van der Waals surface area contributed by atoms with Gasteiger partial charge in [0.15, 0.2) is 0 Å². The van der Waals surface area contributed by atoms with Crippen LogP contribution in [0.25, 0.3) is 0 Å². The van der Waals surface area contributed by atoms with E-state index in [2.05, 4.69) is 10.6 Å². The molecular formula is C16H26N2O3. The van der Waals surface area contributed by atoms with Crippen LogP contribution in [0.3, 0.4) is 0 Å². The van der Waals surface area contributed by atoms with Gasteiger partial charge in [0.05, 0.1) is 6.04 Å². The van der Waals surface area contributed by atoms with Gasteiger partial charge in [-0.3, -0.25) is 4.79 Å². The monoisotopic (exact) mass is 294 g/mol. The van der Waals surface area contributed by atoms with Crippen LogP contribution >= 0.6 is 0 Å². The van der Waals surface area contributed by atoms with Gasteiger partial charge in [-0.2, -0.15) is 0 Å². The van der Waals surface area contributed by atoms with Crippen molar-refractivity contribution in [1.82, 2.24) is 10.6 Å². The van der Waals surface area contributed by atoms with Gasteiger partial charge < -0.3 is 20.5 Å². The Labute approximate surface area is 126 Å². The minimum absolute atomic E-state index is 0.0725. The minimum Gasteiger partial charge on any atom is -0.491 e. The molecule has 0 aliphatic heterocycles. The average molecular weight is 294 g/mol. The highest BCUT2D eigenvalue weighted by Gasteiger charge is 2.14. The second-order valence-corrected chi connectivity index (χ2v) is 5.57. The first kappa shape index (κ1) is 17.5. The number of hydrogen-bond acceptors (Lipinski definition) is 4. The number of benzene rings is 1. The minimum atomic E-state index is -0.666. The molecule has 0 saturated heterocycles. The van der Waals surface area contributed by atoms with Crippen molar-refractivity contribution >= 4 is 5.91 Å². The van der Waals surface area contributed by atoms with Crippen molar-refractivity contribution in [2.45, 2.75) is 45.9 Å². The zero-order valence-electron chi connectivity index (χ0n) is 13.2. The molecule has 0 aliphatic carbocycles. The maximum Gasteiger partial charge on any atom is 0.237 e. The number of rotatable bonds is 8. The molecule has 0 bridgehead atoms. The fraction of sp³-hybridized carbons (Fsp3) is 0.562. The third kappa shape index (κ3) is 7.11. The molecule has 2 unspecified atom stereocenters. The molecule has 21 heavy (non-hydrogen) atoms. The SMILES string of the molecule is Cc1ccc(OCC(O)CNC(C)C(=O)NC(C)C)cc1. The van der Waals surface area contributed by atoms with Gasteiger partial charge >= 0.3 is 0 Å². The van der Waals surface area contributed by atoms with Crippen molar-refractivity contribution in [3.63, 3.8) is 0 Å². The lowest BCUT2D eigenvalue weighted by Crippen LogP contribution is -2.47. The van der Waals surface area contributed by atoms with Gasteiger partial charge in [-0.15, -0.1) is 0 Å². The first-order valence-electron chi connectivity index (χ1n) is 7.29. The van der Waals surface area contributed by atoms with E-state index >= 15 is 0 Å². The van der Waals surface area contributed by atoms with E-state index in [4.69, 9.17) is 4.74 Å². The van der Waals surface area contributed by atoms with E-state index in [9.17, 15) is 9.90 Å². The van der Waals surface area contributed by atoms with Crippen molar-refractivity contribution in [1.29, 1.82) is 0 Å². The number of aryl methyl sites for hydroxylation is 1. The lowest BCUT2D eigenvalue weighted by Gasteiger charge is -2.18. The van der Waals surface area contributed by atoms with Crippen LogP contribution < -0.4 is 15.4 Å². The van der Waals surface area contributed by atoms with Crippen molar-refractivity contribution in [3.05, 3.63) is 29.8 Å². The van der Waals surface area contributed by atoms with E-state index in [1.807, 2.05) is 45.0 Å². The standard InChI is InChI=1S/C16H26N2O3/c1-11(2)18-16(20)13(4)17-9-14(19)10-21-15-7-5-12(3)6-8-15/h5-8,11,13-14,17,19H,9-10H2,1-4H3,(H,18,20). The topological polar surface area (TPSA) is 70.6 Å². The quantitative estimate of drug-likeness (QED) is 0.674. The maximum atomic E-state index is 11.7. The van der Waals surface area contributed by atoms with E-state index in [0.29, 0.717) is 6.54 Å². The number of hydrogen-bond donors (Lipinski definition) is 3. The summed E-state index contributed by atoms with van der Waals surface area (Å²) >= 11 is 0. The Morgan fingerprint density at radius 2 is 1.86 bits per heavy atom. The number of aliphatic hydroxyl groups excluding tert-OH is 1. The Hall–Kier alpha value is -1.59. The molecule has 5 nitrogen and oxygen atoms in total. The smallest absolute Gasteiger partial charge is 0.237 e. The van der Waals surface area contributed by atoms with E-state index < -0.39 is 6.10 Å². The molecule has 5 heteroatoms. The van der Waals surface area contributed by atoms with Crippen molar-refractivity contribution in [3.8, 4) is 5.75 Å². The molecule has 2 atom stereocenters. The molecule has 0 fully saturated rings. The van der Waals surface area contributed by atoms with Crippen molar-refractivity contribution < 1.29 is 14.6 Å². The van der Waals surface area contributed by atoms with Crippen LogP contribution in [0.4, 0.5) is 0 Å². The molecule has 0 aromatic heterocycles. The number of amides is 1. The summed E-state index contributed by atoms with van der Waals surface area (Å²) in [6, 6.07) is 7.41. The lowest BCUT2D eigenvalue weighted by atomic mass is 10.2. The van der Waals surface area contributed by atoms with Gasteiger partial charge in [-0.05, 0) is 39.8 Å². The number of carbonyl (C=O) groups excluding carboxylic acids is 1. The van der Waals surface area contributed by atoms with Crippen molar-refractivity contribution in [2.24, 2.45) is 0 Å². The van der Waals surface area contributed by atoms with E-state index in [1.54, 1.807) is 6.92 Å². The first-order valence-corrected chi connectivity index (χ1v) is 7.29. The molecule has 0 saturated carbocycles. The molecule has 118 valence electrons. The van der Waals surface area contributed by atoms with Gasteiger partial charge in [0.1, 0.15) is 18.5 Å². The van der Waals surface area contributed by atoms with E-state index in [1.165, 1.54) is 0 Å². The van der Waals surface area contributed by atoms with Crippen molar-refractivity contribution in [2.75, 3.05) is 13.2 Å². The molecule has 1 aromatic rings. The molecular weight excluding hydrogens is 268 g/mol. The lowest BCUT2D eigenvalue weighted by molar-refractivity contribution is -0.123. The predicted octanol–water partition coefficient (Wildman–Crippen LogP) is 1.24. The Balaban J connectivity index is 2.26. The molecule has 0 radical (unpaired) electrons. The normalized spacial score (nSPS) is 13.8. The van der Waals surface area contributed by atoms with Gasteiger partial charge in [-0.1, -0.05) is 17.7 Å². The van der Waals surface area contributed by atoms with Crippen LogP contribution in [0.15, 0.2) is 24.3 Å². The summed E-state index contributed by atoms with van der Waals surface area (Å²) in [5.74, 6) is 0.655. The molecule has 1 amide bonds. The van der Waals surface area contributed by atoms with Gasteiger partial charge in [-0.25, -0.2) is 0 Å². The molecule has 0 aliphatic rings. The molecule has 3 N–H and O–H groups in total. The van der Waals surface area contributed by atoms with Gasteiger partial charge in [0.25, 0.3) is 0 Å². The highest BCUT2D eigenvalue weighted by molar-refractivity contribution is 5.81. The number of ether oxygens (including phenoxy) is 1. The first-order chi connectivity index (χ1) is 9.88. The summed E-state index contributed by atoms with van der Waals surface area (Å²) < 4.78 is 5.49. The molecule has 1 rings (SSSR count). The number of aliphatic hydroxyl groups is 1. The summed E-state index contributed by atoms with van der Waals surface area (Å²) in [4.78, 5) is 11.7. The summed E-state index contributed by atoms with van der Waals surface area (Å²) in [5.41, 5.74) is 1.16. The summed E-state index contributed by atoms with van der Waals surface area (Å²) in [7, 11) is 0. The van der Waals surface area contributed by atoms with Crippen LogP contribution in [0.1, 0.15) is 26.3 Å². The van der Waals surface area contributed by atoms with Crippen LogP contribution in [-0.4, -0.2) is 42.4 Å². The maximum absolute atomic E-state index is 11.7. The number of carbonyl (C=O) groups is 1. The Bertz CT molecular complexity index is 432. The van der Waals surface area contributed by atoms with Crippen LogP contribution in [0.5, 0.6) is 5.75 Å². The highest BCUT2D eigenvalue weighted by atomic mass is 16.5. The molecule has 0 spiro atoms. The predicted molar refractivity (Wildman–Crippen MR) is 83.4 cm³/mol. The van der Waals surface area contributed by atoms with E-state index in [0.717, 1.165) is 11.3 Å². The van der Waals surface area contributed by atoms with Crippen LogP contribution in [-0.2, 0) is 4.79 Å². The zero-order chi connectivity index (χ0) is 15.8. The average Bonchev–Trinajstić information content (AvgIpc) is 2.43. The fourth-order valence-electron chi connectivity index (χ4n) is 1.70. The summed E-state index contributed by atoms with van der Waals surface area (Å²) in [5, 5.41) is 15.7. The zero-order valence-corrected chi connectivity index (χ0v) is 13.2. The highest BCUT2D eigenvalue weighted by Crippen LogP contribution is 2.11. The molecule has 0 heterocycles. The summed E-state index contributed by atoms with van der Waals surface area (Å²) in [6.45, 7) is 8.09. The number of nitrogens with one attached hydrogen (secondary N) is 2. The third-order valence-electron chi connectivity index (χ3n) is 2.95. The Morgan fingerprint density at radius 3 is 2.43 bits per heavy atom. The fourth-order valence-corrected chi connectivity index (χ4v) is 1.70. The van der Waals surface area contributed by atoms with Crippen LogP contribution in [0.2, 0.25) is 0 Å². The second-order valence-electron chi connectivity index (χ2n) is 5.57. The Morgan fingerprint density at radius 1 is 1.24 bits per heavy atom. The Kier molecular flexibility index (Phi) is 7.19. The third-order valence-corrected chi connectivity index (χ3v) is 2.95.